The standard InChI is InChI=1S/C14H11ClN2O/c1-8-3-4-10(5-9(8)2)13-17-12-6-11(15)7-16-14(12)18-13/h3-7H,1-2H3. The molecule has 0 spiro atoms. The van der Waals surface area contributed by atoms with E-state index in [-0.39, 0.29) is 0 Å². The van der Waals surface area contributed by atoms with Gasteiger partial charge in [0.25, 0.3) is 0 Å². The first-order valence-corrected chi connectivity index (χ1v) is 6.01. The van der Waals surface area contributed by atoms with Gasteiger partial charge in [0, 0.05) is 11.8 Å². The molecule has 4 heteroatoms. The number of benzene rings is 1. The molecule has 0 saturated carbocycles. The van der Waals surface area contributed by atoms with Crippen LogP contribution in [0.1, 0.15) is 11.1 Å². The van der Waals surface area contributed by atoms with Crippen LogP contribution in [0.5, 0.6) is 0 Å². The van der Waals surface area contributed by atoms with Gasteiger partial charge >= 0.3 is 0 Å². The van der Waals surface area contributed by atoms with Crippen LogP contribution in [0.4, 0.5) is 0 Å². The van der Waals surface area contributed by atoms with Crippen molar-refractivity contribution in [2.24, 2.45) is 0 Å². The summed E-state index contributed by atoms with van der Waals surface area (Å²) in [6.45, 7) is 4.14. The Labute approximate surface area is 109 Å². The van der Waals surface area contributed by atoms with Gasteiger partial charge in [-0.1, -0.05) is 17.7 Å². The molecule has 0 aliphatic heterocycles. The zero-order chi connectivity index (χ0) is 12.7. The molecule has 0 amide bonds. The predicted molar refractivity (Wildman–Crippen MR) is 71.7 cm³/mol. The third kappa shape index (κ3) is 1.87. The van der Waals surface area contributed by atoms with Crippen molar-refractivity contribution < 1.29 is 4.42 Å². The van der Waals surface area contributed by atoms with E-state index in [0.29, 0.717) is 22.1 Å². The van der Waals surface area contributed by atoms with E-state index < -0.39 is 0 Å². The summed E-state index contributed by atoms with van der Waals surface area (Å²) in [5, 5.41) is 0.558. The average molecular weight is 259 g/mol. The van der Waals surface area contributed by atoms with Gasteiger partial charge < -0.3 is 4.42 Å². The van der Waals surface area contributed by atoms with Crippen molar-refractivity contribution in [3.8, 4) is 11.5 Å². The number of hydrogen-bond acceptors (Lipinski definition) is 3. The van der Waals surface area contributed by atoms with Gasteiger partial charge in [-0.2, -0.15) is 0 Å². The molecule has 3 aromatic rings. The van der Waals surface area contributed by atoms with Gasteiger partial charge in [-0.05, 0) is 43.2 Å². The summed E-state index contributed by atoms with van der Waals surface area (Å²) in [7, 11) is 0. The van der Waals surface area contributed by atoms with Crippen LogP contribution < -0.4 is 0 Å². The maximum Gasteiger partial charge on any atom is 0.247 e. The van der Waals surface area contributed by atoms with E-state index >= 15 is 0 Å². The van der Waals surface area contributed by atoms with Gasteiger partial charge in [-0.25, -0.2) is 9.97 Å². The second-order valence-corrected chi connectivity index (χ2v) is 4.73. The van der Waals surface area contributed by atoms with Crippen LogP contribution in [0.15, 0.2) is 34.9 Å². The van der Waals surface area contributed by atoms with Crippen molar-refractivity contribution in [3.05, 3.63) is 46.6 Å². The molecule has 0 N–H and O–H groups in total. The Hall–Kier alpha value is -1.87. The van der Waals surface area contributed by atoms with Crippen LogP contribution in [-0.2, 0) is 0 Å². The highest BCUT2D eigenvalue weighted by Gasteiger charge is 2.10. The second-order valence-electron chi connectivity index (χ2n) is 4.30. The average Bonchev–Trinajstić information content (AvgIpc) is 2.75. The number of aromatic nitrogens is 2. The predicted octanol–water partition coefficient (Wildman–Crippen LogP) is 4.16. The Bertz CT molecular complexity index is 734. The van der Waals surface area contributed by atoms with E-state index in [0.717, 1.165) is 5.56 Å². The molecule has 2 aromatic heterocycles. The van der Waals surface area contributed by atoms with Crippen molar-refractivity contribution in [1.82, 2.24) is 9.97 Å². The molecule has 0 aliphatic carbocycles. The molecule has 3 rings (SSSR count). The minimum atomic E-state index is 0.507. The zero-order valence-electron chi connectivity index (χ0n) is 10.1. The molecular weight excluding hydrogens is 248 g/mol. The lowest BCUT2D eigenvalue weighted by molar-refractivity contribution is 0.608. The molecule has 0 unspecified atom stereocenters. The van der Waals surface area contributed by atoms with Crippen LogP contribution in [0, 0.1) is 13.8 Å². The van der Waals surface area contributed by atoms with Gasteiger partial charge in [0.1, 0.15) is 5.52 Å². The molecule has 0 bridgehead atoms. The summed E-state index contributed by atoms with van der Waals surface area (Å²) < 4.78 is 5.62. The number of hydrogen-bond donors (Lipinski definition) is 0. The number of halogens is 1. The van der Waals surface area contributed by atoms with Crippen molar-refractivity contribution >= 4 is 22.8 Å². The molecule has 1 aromatic carbocycles. The summed E-state index contributed by atoms with van der Waals surface area (Å²) in [5.41, 5.74) is 4.59. The van der Waals surface area contributed by atoms with E-state index in [1.54, 1.807) is 12.3 Å². The zero-order valence-corrected chi connectivity index (χ0v) is 10.8. The quantitative estimate of drug-likeness (QED) is 0.658. The molecule has 18 heavy (non-hydrogen) atoms. The largest absolute Gasteiger partial charge is 0.418 e. The number of nitrogens with zero attached hydrogens (tertiary/aromatic N) is 2. The number of aryl methyl sites for hydroxylation is 2. The van der Waals surface area contributed by atoms with Gasteiger partial charge in [-0.3, -0.25) is 0 Å². The normalized spacial score (nSPS) is 11.1. The van der Waals surface area contributed by atoms with E-state index in [2.05, 4.69) is 35.9 Å². The number of pyridine rings is 1. The Kier molecular flexibility index (Phi) is 2.56. The molecule has 0 radical (unpaired) electrons. The fourth-order valence-electron chi connectivity index (χ4n) is 1.80. The highest BCUT2D eigenvalue weighted by Crippen LogP contribution is 2.25. The fraction of sp³-hybridized carbons (Fsp3) is 0.143. The SMILES string of the molecule is Cc1ccc(-c2nc3cc(Cl)cnc3o2)cc1C. The Morgan fingerprint density at radius 3 is 2.72 bits per heavy atom. The summed E-state index contributed by atoms with van der Waals surface area (Å²) in [6, 6.07) is 7.86. The minimum absolute atomic E-state index is 0.507. The molecule has 2 heterocycles. The second kappa shape index (κ2) is 4.10. The van der Waals surface area contributed by atoms with E-state index in [1.165, 1.54) is 11.1 Å². The molecular formula is C14H11ClN2O. The van der Waals surface area contributed by atoms with Gasteiger partial charge in [0.05, 0.1) is 5.02 Å². The third-order valence-electron chi connectivity index (χ3n) is 2.97. The highest BCUT2D eigenvalue weighted by molar-refractivity contribution is 6.30. The Morgan fingerprint density at radius 1 is 1.11 bits per heavy atom. The van der Waals surface area contributed by atoms with Crippen LogP contribution in [0.2, 0.25) is 5.02 Å². The topological polar surface area (TPSA) is 38.9 Å². The summed E-state index contributed by atoms with van der Waals surface area (Å²) >= 11 is 5.88. The first-order valence-electron chi connectivity index (χ1n) is 5.63. The Morgan fingerprint density at radius 2 is 1.94 bits per heavy atom. The lowest BCUT2D eigenvalue weighted by Crippen LogP contribution is -1.83. The molecule has 0 saturated heterocycles. The monoisotopic (exact) mass is 258 g/mol. The van der Waals surface area contributed by atoms with Crippen LogP contribution in [-0.4, -0.2) is 9.97 Å². The van der Waals surface area contributed by atoms with Gasteiger partial charge in [0.15, 0.2) is 0 Å². The van der Waals surface area contributed by atoms with E-state index in [4.69, 9.17) is 16.0 Å². The van der Waals surface area contributed by atoms with Crippen molar-refractivity contribution in [2.75, 3.05) is 0 Å². The van der Waals surface area contributed by atoms with Crippen molar-refractivity contribution in [1.29, 1.82) is 0 Å². The fourth-order valence-corrected chi connectivity index (χ4v) is 1.95. The maximum absolute atomic E-state index is 5.88. The number of rotatable bonds is 1. The van der Waals surface area contributed by atoms with Crippen LogP contribution >= 0.6 is 11.6 Å². The molecule has 3 nitrogen and oxygen atoms in total. The number of oxazole rings is 1. The lowest BCUT2D eigenvalue weighted by Gasteiger charge is -2.00. The van der Waals surface area contributed by atoms with Gasteiger partial charge in [-0.15, -0.1) is 0 Å². The molecule has 0 fully saturated rings. The van der Waals surface area contributed by atoms with Gasteiger partial charge in [0.2, 0.25) is 11.6 Å². The van der Waals surface area contributed by atoms with Crippen molar-refractivity contribution in [3.63, 3.8) is 0 Å². The minimum Gasteiger partial charge on any atom is -0.418 e. The first-order chi connectivity index (χ1) is 8.63. The maximum atomic E-state index is 5.88. The molecule has 0 aliphatic rings. The van der Waals surface area contributed by atoms with Crippen LogP contribution in [0.3, 0.4) is 0 Å². The third-order valence-corrected chi connectivity index (χ3v) is 3.17. The van der Waals surface area contributed by atoms with E-state index in [1.807, 2.05) is 6.07 Å². The van der Waals surface area contributed by atoms with Crippen LogP contribution in [0.25, 0.3) is 22.7 Å². The summed E-state index contributed by atoms with van der Waals surface area (Å²) in [5.74, 6) is 0.572. The van der Waals surface area contributed by atoms with E-state index in [9.17, 15) is 0 Å². The summed E-state index contributed by atoms with van der Waals surface area (Å²) in [6.07, 6.45) is 1.55. The lowest BCUT2D eigenvalue weighted by atomic mass is 10.1. The Balaban J connectivity index is 2.16. The number of fused-ring (bicyclic) bond motifs is 1. The molecule has 90 valence electrons. The first kappa shape index (κ1) is 11.2. The van der Waals surface area contributed by atoms with Crippen molar-refractivity contribution in [2.45, 2.75) is 13.8 Å². The smallest absolute Gasteiger partial charge is 0.247 e. The highest BCUT2D eigenvalue weighted by atomic mass is 35.5. The molecule has 0 atom stereocenters. The summed E-state index contributed by atoms with van der Waals surface area (Å²) in [4.78, 5) is 8.51.